The first-order valence-electron chi connectivity index (χ1n) is 5.87. The van der Waals surface area contributed by atoms with Crippen LogP contribution in [0.1, 0.15) is 0 Å². The molecule has 0 aliphatic heterocycles. The average Bonchev–Trinajstić information content (AvgIpc) is 2.77. The Morgan fingerprint density at radius 1 is 1.25 bits per heavy atom. The Morgan fingerprint density at radius 2 is 1.95 bits per heavy atom. The Hall–Kier alpha value is -2.87. The molecule has 2 aromatic heterocycles. The number of hydrogen-bond donors (Lipinski definition) is 3. The van der Waals surface area contributed by atoms with Gasteiger partial charge in [-0.05, 0) is 12.1 Å². The van der Waals surface area contributed by atoms with E-state index >= 15 is 0 Å². The molecule has 0 saturated heterocycles. The minimum Gasteiger partial charge on any atom is -0.306 e. The van der Waals surface area contributed by atoms with Gasteiger partial charge in [0.2, 0.25) is 5.95 Å². The second-order valence-electron chi connectivity index (χ2n) is 4.24. The molecule has 0 atom stereocenters. The highest BCUT2D eigenvalue weighted by Gasteiger charge is 2.16. The molecule has 0 amide bonds. The highest BCUT2D eigenvalue weighted by molar-refractivity contribution is 5.75. The van der Waals surface area contributed by atoms with Gasteiger partial charge in [-0.1, -0.05) is 18.2 Å². The molecule has 0 radical (unpaired) electrons. The number of nitrogens with one attached hydrogen (secondary N) is 2. The van der Waals surface area contributed by atoms with Crippen molar-refractivity contribution < 1.29 is 0 Å². The molecular weight excluding hydrogens is 260 g/mol. The molecule has 8 heteroatoms. The van der Waals surface area contributed by atoms with E-state index in [1.165, 1.54) is 9.13 Å². The van der Waals surface area contributed by atoms with E-state index in [0.717, 1.165) is 0 Å². The van der Waals surface area contributed by atoms with Crippen molar-refractivity contribution in [2.45, 2.75) is 0 Å². The molecule has 4 N–H and O–H groups in total. The first-order valence-corrected chi connectivity index (χ1v) is 5.87. The van der Waals surface area contributed by atoms with Gasteiger partial charge in [-0.15, -0.1) is 0 Å². The Morgan fingerprint density at radius 3 is 2.60 bits per heavy atom. The summed E-state index contributed by atoms with van der Waals surface area (Å²) < 4.78 is 2.82. The van der Waals surface area contributed by atoms with E-state index in [-0.39, 0.29) is 11.2 Å². The first kappa shape index (κ1) is 12.2. The van der Waals surface area contributed by atoms with Gasteiger partial charge in [-0.25, -0.2) is 15.2 Å². The maximum Gasteiger partial charge on any atom is 0.334 e. The van der Waals surface area contributed by atoms with Crippen LogP contribution < -0.4 is 22.5 Å². The van der Waals surface area contributed by atoms with Crippen LogP contribution in [0.2, 0.25) is 0 Å². The molecule has 1 aromatic carbocycles. The van der Waals surface area contributed by atoms with Gasteiger partial charge in [-0.3, -0.25) is 15.2 Å². The predicted octanol–water partition coefficient (Wildman–Crippen LogP) is -0.302. The van der Waals surface area contributed by atoms with E-state index in [1.807, 2.05) is 6.07 Å². The van der Waals surface area contributed by atoms with E-state index < -0.39 is 11.2 Å². The maximum atomic E-state index is 12.1. The molecule has 3 aromatic rings. The van der Waals surface area contributed by atoms with Crippen LogP contribution in [0, 0.1) is 0 Å². The van der Waals surface area contributed by atoms with Gasteiger partial charge in [0.1, 0.15) is 0 Å². The average molecular weight is 272 g/mol. The predicted molar refractivity (Wildman–Crippen MR) is 74.7 cm³/mol. The summed E-state index contributed by atoms with van der Waals surface area (Å²) in [5.41, 5.74) is 2.47. The lowest BCUT2D eigenvalue weighted by atomic mass is 10.3. The van der Waals surface area contributed by atoms with Gasteiger partial charge in [0, 0.05) is 7.05 Å². The summed E-state index contributed by atoms with van der Waals surface area (Å²) >= 11 is 0. The second-order valence-corrected chi connectivity index (χ2v) is 4.24. The minimum atomic E-state index is -0.546. The van der Waals surface area contributed by atoms with Gasteiger partial charge < -0.3 is 4.57 Å². The molecule has 0 fully saturated rings. The highest BCUT2D eigenvalue weighted by atomic mass is 16.2. The second kappa shape index (κ2) is 4.35. The smallest absolute Gasteiger partial charge is 0.306 e. The number of benzene rings is 1. The number of nitrogen functional groups attached to an aromatic ring is 1. The number of para-hydroxylation sites is 1. The number of aromatic nitrogens is 4. The summed E-state index contributed by atoms with van der Waals surface area (Å²) in [6.45, 7) is 0. The summed E-state index contributed by atoms with van der Waals surface area (Å²) in [4.78, 5) is 30.5. The van der Waals surface area contributed by atoms with Crippen LogP contribution in [0.25, 0.3) is 16.9 Å². The number of aryl methyl sites for hydroxylation is 1. The molecular formula is C12H12N6O2. The van der Waals surface area contributed by atoms with Crippen LogP contribution in [-0.2, 0) is 7.05 Å². The quantitative estimate of drug-likeness (QED) is 0.438. The van der Waals surface area contributed by atoms with Gasteiger partial charge in [0.05, 0.1) is 5.69 Å². The molecule has 0 spiro atoms. The van der Waals surface area contributed by atoms with Crippen LogP contribution in [0.4, 0.5) is 5.95 Å². The van der Waals surface area contributed by atoms with E-state index in [1.54, 1.807) is 31.3 Å². The summed E-state index contributed by atoms with van der Waals surface area (Å²) in [6.07, 6.45) is 0. The van der Waals surface area contributed by atoms with Gasteiger partial charge in [0.25, 0.3) is 5.56 Å². The third-order valence-electron chi connectivity index (χ3n) is 3.07. The molecule has 102 valence electrons. The van der Waals surface area contributed by atoms with Crippen LogP contribution in [0.3, 0.4) is 0 Å². The zero-order valence-corrected chi connectivity index (χ0v) is 10.6. The standard InChI is InChI=1S/C12H12N6O2/c1-17-8-9(14-11(17)16-13)18(12(20)15-10(8)19)7-5-3-2-4-6-7/h2-6H,13H2,1H3,(H,14,16)(H,15,19,20). The number of hydrazine groups is 1. The summed E-state index contributed by atoms with van der Waals surface area (Å²) in [7, 11) is 1.64. The Kier molecular flexibility index (Phi) is 2.65. The number of rotatable bonds is 2. The number of nitrogens with two attached hydrogens (primary N) is 1. The van der Waals surface area contributed by atoms with E-state index in [9.17, 15) is 9.59 Å². The number of H-pyrrole nitrogens is 1. The maximum absolute atomic E-state index is 12.1. The number of nitrogens with zero attached hydrogens (tertiary/aromatic N) is 3. The molecule has 2 heterocycles. The summed E-state index contributed by atoms with van der Waals surface area (Å²) in [6, 6.07) is 8.93. The third kappa shape index (κ3) is 1.62. The number of imidazole rings is 1. The number of aromatic amines is 1. The van der Waals surface area contributed by atoms with Crippen molar-refractivity contribution in [2.75, 3.05) is 5.43 Å². The van der Waals surface area contributed by atoms with Crippen molar-refractivity contribution in [1.29, 1.82) is 0 Å². The molecule has 0 bridgehead atoms. The number of anilines is 1. The fraction of sp³-hybridized carbons (Fsp3) is 0.0833. The first-order chi connectivity index (χ1) is 9.63. The lowest BCUT2D eigenvalue weighted by Gasteiger charge is -2.05. The van der Waals surface area contributed by atoms with Crippen LogP contribution in [-0.4, -0.2) is 19.1 Å². The zero-order valence-electron chi connectivity index (χ0n) is 10.6. The van der Waals surface area contributed by atoms with Crippen LogP contribution >= 0.6 is 0 Å². The Bertz CT molecular complexity index is 890. The van der Waals surface area contributed by atoms with Crippen molar-refractivity contribution in [3.8, 4) is 5.69 Å². The number of hydrogen-bond acceptors (Lipinski definition) is 5. The normalized spacial score (nSPS) is 10.9. The van der Waals surface area contributed by atoms with Gasteiger partial charge >= 0.3 is 5.69 Å². The topological polar surface area (TPSA) is 111 Å². The van der Waals surface area contributed by atoms with Gasteiger partial charge in [0.15, 0.2) is 11.2 Å². The van der Waals surface area contributed by atoms with Gasteiger partial charge in [-0.2, -0.15) is 4.98 Å². The lowest BCUT2D eigenvalue weighted by Crippen LogP contribution is -2.29. The van der Waals surface area contributed by atoms with Crippen molar-refractivity contribution in [3.05, 3.63) is 51.2 Å². The Balaban J connectivity index is 2.50. The van der Waals surface area contributed by atoms with E-state index in [2.05, 4.69) is 15.4 Å². The third-order valence-corrected chi connectivity index (χ3v) is 3.07. The highest BCUT2D eigenvalue weighted by Crippen LogP contribution is 2.15. The van der Waals surface area contributed by atoms with E-state index in [4.69, 9.17) is 5.84 Å². The fourth-order valence-corrected chi connectivity index (χ4v) is 2.15. The van der Waals surface area contributed by atoms with E-state index in [0.29, 0.717) is 11.6 Å². The molecule has 0 saturated carbocycles. The van der Waals surface area contributed by atoms with Crippen LogP contribution in [0.5, 0.6) is 0 Å². The zero-order chi connectivity index (χ0) is 14.3. The lowest BCUT2D eigenvalue weighted by molar-refractivity contribution is 0.910. The molecule has 20 heavy (non-hydrogen) atoms. The summed E-state index contributed by atoms with van der Waals surface area (Å²) in [5, 5.41) is 0. The SMILES string of the molecule is Cn1c(NN)nc2c1c(=O)[nH]c(=O)n2-c1ccccc1. The molecule has 0 aliphatic carbocycles. The number of fused-ring (bicyclic) bond motifs is 1. The van der Waals surface area contributed by atoms with Crippen molar-refractivity contribution >= 4 is 17.1 Å². The van der Waals surface area contributed by atoms with Crippen LogP contribution in [0.15, 0.2) is 39.9 Å². The molecule has 0 unspecified atom stereocenters. The van der Waals surface area contributed by atoms with Crippen molar-refractivity contribution in [3.63, 3.8) is 0 Å². The largest absolute Gasteiger partial charge is 0.334 e. The minimum absolute atomic E-state index is 0.250. The van der Waals surface area contributed by atoms with Crippen molar-refractivity contribution in [2.24, 2.45) is 12.9 Å². The van der Waals surface area contributed by atoms with Crippen molar-refractivity contribution in [1.82, 2.24) is 19.1 Å². The molecule has 0 aliphatic rings. The molecule has 3 rings (SSSR count). The monoisotopic (exact) mass is 272 g/mol. The Labute approximate surface area is 112 Å². The molecule has 8 nitrogen and oxygen atoms in total. The summed E-state index contributed by atoms with van der Waals surface area (Å²) in [5.74, 6) is 5.65. The fourth-order valence-electron chi connectivity index (χ4n) is 2.15.